The van der Waals surface area contributed by atoms with Crippen molar-refractivity contribution in [3.8, 4) is 0 Å². The lowest BCUT2D eigenvalue weighted by Crippen LogP contribution is -2.60. The van der Waals surface area contributed by atoms with Crippen LogP contribution < -0.4 is 16.6 Å². The Bertz CT molecular complexity index is 326. The number of nitrogens with two attached hydrogens (primary N) is 1. The fourth-order valence-corrected chi connectivity index (χ4v) is 2.63. The number of nitrogens with one attached hydrogen (secondary N) is 2. The van der Waals surface area contributed by atoms with Gasteiger partial charge < -0.3 is 9.84 Å². The Labute approximate surface area is 94.9 Å². The Balaban J connectivity index is 2.36. The minimum Gasteiger partial charge on any atom is -0.340 e. The zero-order valence-electron chi connectivity index (χ0n) is 9.73. The molecule has 0 spiro atoms. The lowest BCUT2D eigenvalue weighted by molar-refractivity contribution is 0.0835. The summed E-state index contributed by atoms with van der Waals surface area (Å²) in [6, 6.07) is 0. The highest BCUT2D eigenvalue weighted by molar-refractivity contribution is 5.12. The zero-order valence-corrected chi connectivity index (χ0v) is 9.73. The van der Waals surface area contributed by atoms with E-state index in [9.17, 15) is 0 Å². The summed E-state index contributed by atoms with van der Waals surface area (Å²) in [5.41, 5.74) is 2.59. The monoisotopic (exact) mass is 225 g/mol. The van der Waals surface area contributed by atoms with E-state index in [1.165, 1.54) is 0 Å². The second kappa shape index (κ2) is 4.48. The average molecular weight is 225 g/mol. The van der Waals surface area contributed by atoms with E-state index in [4.69, 9.17) is 10.4 Å². The molecule has 4 N–H and O–H groups in total. The second-order valence-electron chi connectivity index (χ2n) is 4.70. The van der Waals surface area contributed by atoms with Crippen LogP contribution in [0, 0.1) is 11.8 Å². The zero-order chi connectivity index (χ0) is 11.6. The van der Waals surface area contributed by atoms with E-state index >= 15 is 0 Å². The van der Waals surface area contributed by atoms with Gasteiger partial charge in [0.1, 0.15) is 0 Å². The summed E-state index contributed by atoms with van der Waals surface area (Å²) in [5.74, 6) is 7.35. The highest BCUT2D eigenvalue weighted by Gasteiger charge is 2.45. The molecule has 0 bridgehead atoms. The van der Waals surface area contributed by atoms with Gasteiger partial charge in [0.15, 0.2) is 5.76 Å². The molecule has 2 unspecified atom stereocenters. The van der Waals surface area contributed by atoms with E-state index in [1.807, 2.05) is 0 Å². The first-order valence-corrected chi connectivity index (χ1v) is 5.67. The molecule has 6 nitrogen and oxygen atoms in total. The molecule has 2 heterocycles. The van der Waals surface area contributed by atoms with Crippen molar-refractivity contribution in [1.82, 2.24) is 21.1 Å². The lowest BCUT2D eigenvalue weighted by atomic mass is 9.72. The molecule has 16 heavy (non-hydrogen) atoms. The standard InChI is InChI=1S/C10H19N5O/c1-7(2)8-5-12-4-3-10(8,14-11)9-6-13-15-16-9/h6-8,12,14H,3-5,11H2,1-2H3. The first-order valence-electron chi connectivity index (χ1n) is 5.67. The Morgan fingerprint density at radius 3 is 3.06 bits per heavy atom. The van der Waals surface area contributed by atoms with Gasteiger partial charge in [-0.05, 0) is 18.9 Å². The molecule has 0 aromatic carbocycles. The summed E-state index contributed by atoms with van der Waals surface area (Å²) in [4.78, 5) is 0. The number of rotatable bonds is 3. The van der Waals surface area contributed by atoms with Crippen molar-refractivity contribution in [2.24, 2.45) is 17.7 Å². The summed E-state index contributed by atoms with van der Waals surface area (Å²) in [5, 5.41) is 10.7. The molecule has 0 saturated carbocycles. The van der Waals surface area contributed by atoms with Crippen LogP contribution in [0.1, 0.15) is 26.0 Å². The van der Waals surface area contributed by atoms with Crippen LogP contribution in [0.3, 0.4) is 0 Å². The fourth-order valence-electron chi connectivity index (χ4n) is 2.63. The van der Waals surface area contributed by atoms with Crippen molar-refractivity contribution in [1.29, 1.82) is 0 Å². The Hall–Kier alpha value is -0.980. The molecule has 1 aliphatic rings. The maximum atomic E-state index is 5.76. The van der Waals surface area contributed by atoms with Gasteiger partial charge in [-0.15, -0.1) is 5.10 Å². The number of nitrogens with zero attached hydrogens (tertiary/aromatic N) is 2. The van der Waals surface area contributed by atoms with E-state index in [1.54, 1.807) is 6.20 Å². The van der Waals surface area contributed by atoms with Gasteiger partial charge in [-0.1, -0.05) is 13.8 Å². The Morgan fingerprint density at radius 1 is 1.69 bits per heavy atom. The smallest absolute Gasteiger partial charge is 0.178 e. The third kappa shape index (κ3) is 1.73. The second-order valence-corrected chi connectivity index (χ2v) is 4.70. The predicted molar refractivity (Wildman–Crippen MR) is 59.1 cm³/mol. The van der Waals surface area contributed by atoms with Crippen molar-refractivity contribution in [2.75, 3.05) is 13.1 Å². The summed E-state index contributed by atoms with van der Waals surface area (Å²) >= 11 is 0. The third-order valence-corrected chi connectivity index (χ3v) is 3.56. The molecule has 2 atom stereocenters. The first kappa shape index (κ1) is 11.5. The summed E-state index contributed by atoms with van der Waals surface area (Å²) in [6.07, 6.45) is 2.53. The molecule has 1 aliphatic heterocycles. The summed E-state index contributed by atoms with van der Waals surface area (Å²) in [6.45, 7) is 6.21. The molecule has 90 valence electrons. The summed E-state index contributed by atoms with van der Waals surface area (Å²) in [7, 11) is 0. The molecular formula is C10H19N5O. The third-order valence-electron chi connectivity index (χ3n) is 3.56. The number of hydrogen-bond donors (Lipinski definition) is 3. The fraction of sp³-hybridized carbons (Fsp3) is 0.800. The van der Waals surface area contributed by atoms with E-state index in [0.717, 1.165) is 25.3 Å². The van der Waals surface area contributed by atoms with Gasteiger partial charge in [0.05, 0.1) is 11.7 Å². The van der Waals surface area contributed by atoms with E-state index in [0.29, 0.717) is 11.8 Å². The molecule has 1 saturated heterocycles. The van der Waals surface area contributed by atoms with Gasteiger partial charge in [-0.2, -0.15) is 0 Å². The Morgan fingerprint density at radius 2 is 2.50 bits per heavy atom. The molecular weight excluding hydrogens is 206 g/mol. The van der Waals surface area contributed by atoms with E-state index < -0.39 is 0 Å². The topological polar surface area (TPSA) is 89.0 Å². The van der Waals surface area contributed by atoms with Gasteiger partial charge in [0.2, 0.25) is 0 Å². The minimum atomic E-state index is -0.344. The molecule has 1 fully saturated rings. The predicted octanol–water partition coefficient (Wildman–Crippen LogP) is -0.00630. The van der Waals surface area contributed by atoms with Crippen LogP contribution in [0.4, 0.5) is 0 Å². The van der Waals surface area contributed by atoms with Crippen LogP contribution in [-0.2, 0) is 5.54 Å². The maximum Gasteiger partial charge on any atom is 0.178 e. The van der Waals surface area contributed by atoms with Crippen molar-refractivity contribution < 1.29 is 4.52 Å². The quantitative estimate of drug-likeness (QED) is 0.495. The minimum absolute atomic E-state index is 0.344. The number of aromatic nitrogens is 2. The average Bonchev–Trinajstić information content (AvgIpc) is 2.82. The van der Waals surface area contributed by atoms with Gasteiger partial charge in [0.25, 0.3) is 0 Å². The molecule has 1 aromatic heterocycles. The van der Waals surface area contributed by atoms with Crippen molar-refractivity contribution in [2.45, 2.75) is 25.8 Å². The molecule has 1 aromatic rings. The lowest BCUT2D eigenvalue weighted by Gasteiger charge is -2.43. The van der Waals surface area contributed by atoms with Crippen LogP contribution in [0.15, 0.2) is 10.7 Å². The molecule has 6 heteroatoms. The van der Waals surface area contributed by atoms with Gasteiger partial charge in [0, 0.05) is 17.7 Å². The molecule has 2 rings (SSSR count). The van der Waals surface area contributed by atoms with Crippen LogP contribution >= 0.6 is 0 Å². The van der Waals surface area contributed by atoms with Gasteiger partial charge in [-0.3, -0.25) is 5.84 Å². The summed E-state index contributed by atoms with van der Waals surface area (Å²) < 4.78 is 5.22. The molecule has 0 radical (unpaired) electrons. The van der Waals surface area contributed by atoms with Crippen molar-refractivity contribution in [3.05, 3.63) is 12.0 Å². The van der Waals surface area contributed by atoms with Crippen LogP contribution in [0.2, 0.25) is 0 Å². The Kier molecular flexibility index (Phi) is 3.22. The first-order chi connectivity index (χ1) is 7.70. The number of hydrogen-bond acceptors (Lipinski definition) is 6. The van der Waals surface area contributed by atoms with Crippen LogP contribution in [0.25, 0.3) is 0 Å². The largest absolute Gasteiger partial charge is 0.340 e. The maximum absolute atomic E-state index is 5.76. The van der Waals surface area contributed by atoms with E-state index in [2.05, 4.69) is 35.0 Å². The van der Waals surface area contributed by atoms with Crippen molar-refractivity contribution >= 4 is 0 Å². The highest BCUT2D eigenvalue weighted by atomic mass is 16.5. The highest BCUT2D eigenvalue weighted by Crippen LogP contribution is 2.37. The van der Waals surface area contributed by atoms with Crippen molar-refractivity contribution in [3.63, 3.8) is 0 Å². The van der Waals surface area contributed by atoms with Gasteiger partial charge in [-0.25, -0.2) is 5.43 Å². The van der Waals surface area contributed by atoms with Crippen LogP contribution in [0.5, 0.6) is 0 Å². The molecule has 0 amide bonds. The normalized spacial score (nSPS) is 30.9. The SMILES string of the molecule is CC(C)C1CNCCC1(NN)c1cnno1. The number of piperidine rings is 1. The van der Waals surface area contributed by atoms with Gasteiger partial charge >= 0.3 is 0 Å². The van der Waals surface area contributed by atoms with Crippen LogP contribution in [-0.4, -0.2) is 23.5 Å². The van der Waals surface area contributed by atoms with E-state index in [-0.39, 0.29) is 5.54 Å². The molecule has 0 aliphatic carbocycles. The number of hydrazine groups is 1.